The lowest BCUT2D eigenvalue weighted by Crippen LogP contribution is -2.29. The van der Waals surface area contributed by atoms with Gasteiger partial charge < -0.3 is 4.74 Å². The molecular formula is C25H30N2O. The monoisotopic (exact) mass is 374 g/mol. The molecule has 1 aliphatic rings. The number of allylic oxidation sites excluding steroid dienone is 4. The van der Waals surface area contributed by atoms with Gasteiger partial charge in [-0.25, -0.2) is 0 Å². The molecule has 1 aromatic rings. The molecule has 0 saturated heterocycles. The van der Waals surface area contributed by atoms with Gasteiger partial charge in [0.15, 0.2) is 0 Å². The number of nitrogens with zero attached hydrogens (tertiary/aromatic N) is 2. The molecule has 1 aliphatic carbocycles. The normalized spacial score (nSPS) is 19.2. The lowest BCUT2D eigenvalue weighted by molar-refractivity contribution is -0.0156. The van der Waals surface area contributed by atoms with Crippen molar-refractivity contribution in [3.8, 4) is 12.1 Å². The van der Waals surface area contributed by atoms with Crippen LogP contribution in [0.3, 0.4) is 0 Å². The minimum atomic E-state index is -0.343. The molecule has 3 heteroatoms. The van der Waals surface area contributed by atoms with Crippen molar-refractivity contribution < 1.29 is 4.74 Å². The van der Waals surface area contributed by atoms with Crippen molar-refractivity contribution in [3.05, 3.63) is 65.3 Å². The van der Waals surface area contributed by atoms with Gasteiger partial charge in [-0.3, -0.25) is 0 Å². The maximum Gasteiger partial charge on any atom is 0.138 e. The number of hydrogen-bond donors (Lipinski definition) is 0. The molecule has 0 saturated carbocycles. The maximum atomic E-state index is 9.43. The Balaban J connectivity index is 2.17. The fourth-order valence-electron chi connectivity index (χ4n) is 3.41. The van der Waals surface area contributed by atoms with Crippen LogP contribution >= 0.6 is 0 Å². The van der Waals surface area contributed by atoms with Gasteiger partial charge in [0.05, 0.1) is 12.2 Å². The van der Waals surface area contributed by atoms with Crippen LogP contribution in [0.2, 0.25) is 0 Å². The number of unbranched alkanes of at least 4 members (excludes halogenated alkanes) is 1. The van der Waals surface area contributed by atoms with E-state index >= 15 is 0 Å². The molecule has 0 aliphatic heterocycles. The lowest BCUT2D eigenvalue weighted by atomic mass is 9.86. The zero-order valence-corrected chi connectivity index (χ0v) is 17.2. The van der Waals surface area contributed by atoms with Crippen LogP contribution in [0.15, 0.2) is 59.7 Å². The van der Waals surface area contributed by atoms with Crippen LogP contribution in [0, 0.1) is 28.6 Å². The van der Waals surface area contributed by atoms with Gasteiger partial charge in [0.1, 0.15) is 17.7 Å². The predicted molar refractivity (Wildman–Crippen MR) is 114 cm³/mol. The summed E-state index contributed by atoms with van der Waals surface area (Å²) in [6, 6.07) is 13.7. The van der Waals surface area contributed by atoms with Gasteiger partial charge in [-0.05, 0) is 36.8 Å². The molecule has 2 atom stereocenters. The Kier molecular flexibility index (Phi) is 8.24. The smallest absolute Gasteiger partial charge is 0.138 e. The third-order valence-corrected chi connectivity index (χ3v) is 5.36. The molecule has 146 valence electrons. The molecule has 0 spiro atoms. The molecule has 3 nitrogen and oxygen atoms in total. The molecule has 28 heavy (non-hydrogen) atoms. The lowest BCUT2D eigenvalue weighted by Gasteiger charge is -2.31. The highest BCUT2D eigenvalue weighted by Gasteiger charge is 2.26. The van der Waals surface area contributed by atoms with E-state index in [4.69, 9.17) is 4.74 Å². The summed E-state index contributed by atoms with van der Waals surface area (Å²) in [5, 5.41) is 18.9. The second kappa shape index (κ2) is 10.6. The third kappa shape index (κ3) is 5.69. The molecule has 0 heterocycles. The van der Waals surface area contributed by atoms with Gasteiger partial charge in [-0.2, -0.15) is 10.5 Å². The van der Waals surface area contributed by atoms with E-state index < -0.39 is 0 Å². The summed E-state index contributed by atoms with van der Waals surface area (Å²) in [6.07, 6.45) is 11.7. The maximum absolute atomic E-state index is 9.43. The van der Waals surface area contributed by atoms with Crippen LogP contribution < -0.4 is 0 Å². The highest BCUT2D eigenvalue weighted by atomic mass is 16.5. The minimum Gasteiger partial charge on any atom is -0.371 e. The molecule has 2 rings (SSSR count). The number of rotatable bonds is 9. The number of ether oxygens (including phenoxy) is 1. The summed E-state index contributed by atoms with van der Waals surface area (Å²) in [5.41, 5.74) is 2.27. The number of nitriles is 2. The van der Waals surface area contributed by atoms with Gasteiger partial charge in [0, 0.05) is 5.57 Å². The van der Waals surface area contributed by atoms with E-state index in [0.717, 1.165) is 30.6 Å². The average Bonchev–Trinajstić information content (AvgIpc) is 2.74. The molecule has 0 radical (unpaired) electrons. The van der Waals surface area contributed by atoms with Crippen molar-refractivity contribution in [2.45, 2.75) is 58.5 Å². The van der Waals surface area contributed by atoms with Crippen LogP contribution in [-0.4, -0.2) is 12.2 Å². The zero-order chi connectivity index (χ0) is 20.4. The van der Waals surface area contributed by atoms with Crippen molar-refractivity contribution in [1.29, 1.82) is 10.5 Å². The summed E-state index contributed by atoms with van der Waals surface area (Å²) < 4.78 is 6.29. The largest absolute Gasteiger partial charge is 0.371 e. The van der Waals surface area contributed by atoms with Gasteiger partial charge in [0.2, 0.25) is 0 Å². The summed E-state index contributed by atoms with van der Waals surface area (Å²) in [5.74, 6) is 0.596. The fraction of sp³-hybridized carbons (Fsp3) is 0.440. The Labute approximate surface area is 169 Å². The molecule has 0 fully saturated rings. The Bertz CT molecular complexity index is 804. The Morgan fingerprint density at radius 1 is 1.18 bits per heavy atom. The van der Waals surface area contributed by atoms with Crippen LogP contribution in [0.1, 0.15) is 58.4 Å². The highest BCUT2D eigenvalue weighted by molar-refractivity contribution is 5.88. The fourth-order valence-corrected chi connectivity index (χ4v) is 3.41. The molecule has 0 bridgehead atoms. The van der Waals surface area contributed by atoms with Gasteiger partial charge >= 0.3 is 0 Å². The van der Waals surface area contributed by atoms with E-state index in [1.54, 1.807) is 0 Å². The second-order valence-corrected chi connectivity index (χ2v) is 7.58. The van der Waals surface area contributed by atoms with E-state index in [0.29, 0.717) is 11.5 Å². The highest BCUT2D eigenvalue weighted by Crippen LogP contribution is 2.34. The van der Waals surface area contributed by atoms with E-state index in [9.17, 15) is 10.5 Å². The SMILES string of the molecule is CCCCC(CC)COC1(C)C=CC(C(=C(C#N)C#N)c2ccccc2)=CC1. The number of benzene rings is 1. The van der Waals surface area contributed by atoms with E-state index in [1.807, 2.05) is 48.5 Å². The summed E-state index contributed by atoms with van der Waals surface area (Å²) in [6.45, 7) is 7.32. The Hall–Kier alpha value is -2.62. The van der Waals surface area contributed by atoms with E-state index in [1.165, 1.54) is 19.3 Å². The van der Waals surface area contributed by atoms with Crippen molar-refractivity contribution in [2.24, 2.45) is 5.92 Å². The second-order valence-electron chi connectivity index (χ2n) is 7.58. The summed E-state index contributed by atoms with van der Waals surface area (Å²) >= 11 is 0. The minimum absolute atomic E-state index is 0.136. The predicted octanol–water partition coefficient (Wildman–Crippen LogP) is 6.37. The zero-order valence-electron chi connectivity index (χ0n) is 17.2. The van der Waals surface area contributed by atoms with Crippen molar-refractivity contribution >= 4 is 5.57 Å². The van der Waals surface area contributed by atoms with Crippen LogP contribution in [-0.2, 0) is 4.74 Å². The summed E-state index contributed by atoms with van der Waals surface area (Å²) in [4.78, 5) is 0. The first kappa shape index (κ1) is 21.7. The molecule has 2 unspecified atom stereocenters. The molecule has 0 aromatic heterocycles. The average molecular weight is 375 g/mol. The summed E-state index contributed by atoms with van der Waals surface area (Å²) in [7, 11) is 0. The van der Waals surface area contributed by atoms with Gasteiger partial charge in [0.25, 0.3) is 0 Å². The Morgan fingerprint density at radius 3 is 2.43 bits per heavy atom. The van der Waals surface area contributed by atoms with E-state index in [-0.39, 0.29) is 11.2 Å². The molecule has 1 aromatic carbocycles. The molecule has 0 amide bonds. The third-order valence-electron chi connectivity index (χ3n) is 5.36. The quantitative estimate of drug-likeness (QED) is 0.472. The van der Waals surface area contributed by atoms with Crippen molar-refractivity contribution in [1.82, 2.24) is 0 Å². The topological polar surface area (TPSA) is 56.8 Å². The first-order valence-electron chi connectivity index (χ1n) is 10.2. The first-order chi connectivity index (χ1) is 13.6. The van der Waals surface area contributed by atoms with Gasteiger partial charge in [-0.1, -0.05) is 81.7 Å². The molecule has 0 N–H and O–H groups in total. The first-order valence-corrected chi connectivity index (χ1v) is 10.2. The Morgan fingerprint density at radius 2 is 1.89 bits per heavy atom. The van der Waals surface area contributed by atoms with Crippen LogP contribution in [0.5, 0.6) is 0 Å². The molecular weight excluding hydrogens is 344 g/mol. The van der Waals surface area contributed by atoms with Crippen LogP contribution in [0.25, 0.3) is 5.57 Å². The van der Waals surface area contributed by atoms with Gasteiger partial charge in [-0.15, -0.1) is 0 Å². The van der Waals surface area contributed by atoms with Crippen molar-refractivity contribution in [3.63, 3.8) is 0 Å². The number of hydrogen-bond acceptors (Lipinski definition) is 3. The standard InChI is InChI=1S/C25H30N2O/c1-4-6-10-20(5-2)19-28-25(3)15-13-22(14-16-25)24(23(17-26)18-27)21-11-8-7-9-12-21/h7-9,11-15,20H,4-6,10,16,19H2,1-3H3. The van der Waals surface area contributed by atoms with Crippen LogP contribution in [0.4, 0.5) is 0 Å². The van der Waals surface area contributed by atoms with Crippen molar-refractivity contribution in [2.75, 3.05) is 6.61 Å². The van der Waals surface area contributed by atoms with E-state index in [2.05, 4.69) is 32.9 Å².